The zero-order valence-corrected chi connectivity index (χ0v) is 24.4. The van der Waals surface area contributed by atoms with Gasteiger partial charge in [-0.1, -0.05) is 13.0 Å². The first kappa shape index (κ1) is 27.1. The van der Waals surface area contributed by atoms with Gasteiger partial charge in [0.2, 0.25) is 11.8 Å². The number of ketones is 1. The largest absolute Gasteiger partial charge is 0.390 e. The number of amides is 2. The van der Waals surface area contributed by atoms with E-state index in [0.717, 1.165) is 5.56 Å². The molecule has 4 atom stereocenters. The molecule has 210 valence electrons. The number of Topliss-reactive ketones (excluding diaryl/α,β-unsaturated/α-hetero) is 1. The molecule has 0 radical (unpaired) electrons. The Kier molecular flexibility index (Phi) is 6.46. The van der Waals surface area contributed by atoms with Crippen LogP contribution in [0, 0.1) is 19.3 Å². The number of aliphatic hydroxyl groups excluding tert-OH is 1. The van der Waals surface area contributed by atoms with Crippen LogP contribution in [-0.2, 0) is 16.1 Å². The number of aromatic nitrogens is 6. The van der Waals surface area contributed by atoms with Crippen LogP contribution in [0.4, 0.5) is 5.82 Å². The minimum absolute atomic E-state index is 0.202. The van der Waals surface area contributed by atoms with Gasteiger partial charge in [0.1, 0.15) is 34.5 Å². The maximum absolute atomic E-state index is 13.8. The lowest BCUT2D eigenvalue weighted by Gasteiger charge is -2.28. The lowest BCUT2D eigenvalue weighted by atomic mass is 10.0. The number of halogens is 1. The van der Waals surface area contributed by atoms with E-state index in [0.29, 0.717) is 44.8 Å². The molecule has 6 rings (SSSR count). The van der Waals surface area contributed by atoms with Gasteiger partial charge in [-0.05, 0) is 53.9 Å². The van der Waals surface area contributed by atoms with E-state index < -0.39 is 29.5 Å². The summed E-state index contributed by atoms with van der Waals surface area (Å²) in [7, 11) is 0. The molecule has 4 aromatic heterocycles. The number of fused-ring (bicyclic) bond motifs is 2. The van der Waals surface area contributed by atoms with Gasteiger partial charge in [-0.2, -0.15) is 5.10 Å². The number of pyridine rings is 2. The summed E-state index contributed by atoms with van der Waals surface area (Å²) in [5, 5.41) is 18.5. The Morgan fingerprint density at radius 3 is 2.59 bits per heavy atom. The Morgan fingerprint density at radius 1 is 1.15 bits per heavy atom. The predicted octanol–water partition coefficient (Wildman–Crippen LogP) is 2.85. The highest BCUT2D eigenvalue weighted by molar-refractivity contribution is 9.10. The number of carbonyl (C=O) groups excluding carboxylic acids is 3. The van der Waals surface area contributed by atoms with Crippen molar-refractivity contribution in [2.45, 2.75) is 58.8 Å². The second kappa shape index (κ2) is 9.77. The van der Waals surface area contributed by atoms with Gasteiger partial charge in [-0.25, -0.2) is 15.0 Å². The molecule has 4 aromatic rings. The predicted molar refractivity (Wildman–Crippen MR) is 152 cm³/mol. The zero-order valence-electron chi connectivity index (χ0n) is 22.8. The maximum Gasteiger partial charge on any atom is 0.248 e. The molecule has 1 aliphatic heterocycles. The maximum atomic E-state index is 13.8. The van der Waals surface area contributed by atoms with Crippen molar-refractivity contribution in [3.63, 3.8) is 0 Å². The first-order chi connectivity index (χ1) is 19.5. The summed E-state index contributed by atoms with van der Waals surface area (Å²) in [5.41, 5.74) is 2.13. The number of anilines is 1. The number of likely N-dealkylation sites (tertiary alicyclic amines) is 1. The molecular formula is C28H27BrN8O4. The van der Waals surface area contributed by atoms with Gasteiger partial charge in [-0.3, -0.25) is 24.0 Å². The molecule has 0 aromatic carbocycles. The Morgan fingerprint density at radius 2 is 1.88 bits per heavy atom. The third-order valence-corrected chi connectivity index (χ3v) is 8.48. The summed E-state index contributed by atoms with van der Waals surface area (Å²) < 4.78 is 2.00. The van der Waals surface area contributed by atoms with Crippen molar-refractivity contribution in [2.75, 3.05) is 5.32 Å². The summed E-state index contributed by atoms with van der Waals surface area (Å²) in [6.45, 7) is 6.65. The fourth-order valence-electron chi connectivity index (χ4n) is 5.66. The molecule has 0 spiro atoms. The number of carbonyl (C=O) groups is 3. The number of hydrogen-bond acceptors (Lipinski definition) is 9. The smallest absolute Gasteiger partial charge is 0.248 e. The van der Waals surface area contributed by atoms with Crippen molar-refractivity contribution in [3.05, 3.63) is 58.5 Å². The summed E-state index contributed by atoms with van der Waals surface area (Å²) in [5.74, 6) is -0.0228. The van der Waals surface area contributed by atoms with Crippen LogP contribution in [0.3, 0.4) is 0 Å². The second-order valence-corrected chi connectivity index (χ2v) is 11.7. The van der Waals surface area contributed by atoms with Crippen molar-refractivity contribution in [1.82, 2.24) is 34.6 Å². The molecule has 2 amide bonds. The van der Waals surface area contributed by atoms with E-state index in [1.165, 1.54) is 16.5 Å². The molecule has 12 nitrogen and oxygen atoms in total. The fourth-order valence-corrected chi connectivity index (χ4v) is 5.97. The third-order valence-electron chi connectivity index (χ3n) is 8.04. The first-order valence-electron chi connectivity index (χ1n) is 13.1. The highest BCUT2D eigenvalue weighted by Crippen LogP contribution is 2.59. The van der Waals surface area contributed by atoms with Crippen LogP contribution in [-0.4, -0.2) is 75.5 Å². The fraction of sp³-hybridized carbons (Fsp3) is 0.357. The number of nitrogens with zero attached hydrogens (tertiary/aromatic N) is 7. The van der Waals surface area contributed by atoms with Gasteiger partial charge < -0.3 is 15.3 Å². The number of aryl methyl sites for hydroxylation is 2. The summed E-state index contributed by atoms with van der Waals surface area (Å²) in [6, 6.07) is 4.03. The number of hydrogen-bond donors (Lipinski definition) is 2. The number of rotatable bonds is 6. The standard InChI is InChI=1S/C28H27BrN8O4/c1-13-5-6-21(29)33-26(13)34-27(41)19-8-28(4)24(25(28)40)37(19)22(39)12-36-20-11-32-18(16-9-30-15(3)31-10-16)7-17(20)23(35-36)14(2)38/h5-7,9-11,19,24-25,40H,8,12H2,1-4H3,(H,33,34,41)/t19-,24+,25+,28+/m0/s1. The van der Waals surface area contributed by atoms with Gasteiger partial charge in [0.15, 0.2) is 5.78 Å². The van der Waals surface area contributed by atoms with E-state index >= 15 is 0 Å². The van der Waals surface area contributed by atoms with Gasteiger partial charge in [0.25, 0.3) is 0 Å². The van der Waals surface area contributed by atoms with Gasteiger partial charge in [-0.15, -0.1) is 0 Å². The van der Waals surface area contributed by atoms with Crippen LogP contribution in [0.2, 0.25) is 0 Å². The highest BCUT2D eigenvalue weighted by Gasteiger charge is 2.72. The van der Waals surface area contributed by atoms with Crippen LogP contribution < -0.4 is 5.32 Å². The van der Waals surface area contributed by atoms with Crippen molar-refractivity contribution < 1.29 is 19.5 Å². The molecule has 0 bridgehead atoms. The number of nitrogens with one attached hydrogen (secondary N) is 1. The van der Waals surface area contributed by atoms with E-state index in [1.54, 1.807) is 37.6 Å². The minimum Gasteiger partial charge on any atom is -0.390 e. The second-order valence-electron chi connectivity index (χ2n) is 10.9. The number of aliphatic hydroxyl groups is 1. The Bertz CT molecular complexity index is 1740. The van der Waals surface area contributed by atoms with E-state index in [9.17, 15) is 19.5 Å². The zero-order chi connectivity index (χ0) is 29.2. The molecular weight excluding hydrogens is 592 g/mol. The van der Waals surface area contributed by atoms with E-state index in [1.807, 2.05) is 19.9 Å². The molecule has 2 fully saturated rings. The molecule has 2 aliphatic rings. The first-order valence-corrected chi connectivity index (χ1v) is 13.9. The normalized spacial score (nSPS) is 23.0. The van der Waals surface area contributed by atoms with Crippen LogP contribution in [0.15, 0.2) is 41.4 Å². The molecule has 41 heavy (non-hydrogen) atoms. The SMILES string of the molecule is CC(=O)c1nn(CC(=O)N2[C@H](C(=O)Nc3nc(Br)ccc3C)C[C@@]3(C)[C@H](O)[C@@H]23)c2cnc(-c3cnc(C)nc3)cc12. The van der Waals surface area contributed by atoms with Crippen LogP contribution in [0.5, 0.6) is 0 Å². The molecule has 0 unspecified atom stereocenters. The van der Waals surface area contributed by atoms with Crippen LogP contribution >= 0.6 is 15.9 Å². The highest BCUT2D eigenvalue weighted by atomic mass is 79.9. The van der Waals surface area contributed by atoms with Crippen LogP contribution in [0.1, 0.15) is 42.1 Å². The third kappa shape index (κ3) is 4.58. The van der Waals surface area contributed by atoms with E-state index in [4.69, 9.17) is 0 Å². The van der Waals surface area contributed by atoms with Gasteiger partial charge in [0.05, 0.1) is 29.6 Å². The summed E-state index contributed by atoms with van der Waals surface area (Å²) in [6.07, 6.45) is 4.44. The Labute approximate surface area is 243 Å². The molecule has 1 saturated heterocycles. The monoisotopic (exact) mass is 618 g/mol. The van der Waals surface area contributed by atoms with Crippen molar-refractivity contribution in [2.24, 2.45) is 5.41 Å². The lowest BCUT2D eigenvalue weighted by Crippen LogP contribution is -2.48. The average Bonchev–Trinajstić information content (AvgIpc) is 3.21. The molecule has 1 saturated carbocycles. The van der Waals surface area contributed by atoms with Crippen molar-refractivity contribution in [1.29, 1.82) is 0 Å². The molecule has 2 N–H and O–H groups in total. The summed E-state index contributed by atoms with van der Waals surface area (Å²) in [4.78, 5) is 58.5. The molecule has 1 aliphatic carbocycles. The van der Waals surface area contributed by atoms with E-state index in [-0.39, 0.29) is 23.9 Å². The Balaban J connectivity index is 1.31. The van der Waals surface area contributed by atoms with Crippen LogP contribution in [0.25, 0.3) is 22.2 Å². The lowest BCUT2D eigenvalue weighted by molar-refractivity contribution is -0.139. The van der Waals surface area contributed by atoms with Gasteiger partial charge >= 0.3 is 0 Å². The molecule has 5 heterocycles. The van der Waals surface area contributed by atoms with Gasteiger partial charge in [0, 0.05) is 35.7 Å². The van der Waals surface area contributed by atoms with E-state index in [2.05, 4.69) is 46.3 Å². The minimum atomic E-state index is -0.804. The van der Waals surface area contributed by atoms with Crippen molar-refractivity contribution in [3.8, 4) is 11.3 Å². The van der Waals surface area contributed by atoms with Crippen molar-refractivity contribution >= 4 is 50.2 Å². The molecule has 13 heteroatoms. The Hall–Kier alpha value is -4.10. The average molecular weight is 619 g/mol. The summed E-state index contributed by atoms with van der Waals surface area (Å²) >= 11 is 3.32. The quantitative estimate of drug-likeness (QED) is 0.245. The topological polar surface area (TPSA) is 156 Å². The number of piperidine rings is 1.